The number of hydroxylamine groups is 2. The van der Waals surface area contributed by atoms with Gasteiger partial charge in [0.2, 0.25) is 18.1 Å². The average Bonchev–Trinajstić information content (AvgIpc) is 2.73. The quantitative estimate of drug-likeness (QED) is 0.401. The Morgan fingerprint density at radius 3 is 2.35 bits per heavy atom. The summed E-state index contributed by atoms with van der Waals surface area (Å²) in [5.41, 5.74) is 0. The van der Waals surface area contributed by atoms with Crippen molar-refractivity contribution in [2.45, 2.75) is 20.1 Å². The molecule has 0 bridgehead atoms. The van der Waals surface area contributed by atoms with Gasteiger partial charge in [0.15, 0.2) is 0 Å². The molecular formula is C18H25N5O8. The minimum Gasteiger partial charge on any atom is -0.481 e. The van der Waals surface area contributed by atoms with Crippen molar-refractivity contribution in [1.82, 2.24) is 19.9 Å². The molecule has 0 amide bonds. The van der Waals surface area contributed by atoms with Crippen LogP contribution in [0.4, 0.5) is 4.79 Å². The van der Waals surface area contributed by atoms with Crippen LogP contribution >= 0.6 is 0 Å². The number of aromatic nitrogens is 2. The summed E-state index contributed by atoms with van der Waals surface area (Å²) in [6, 6.07) is 1.32. The van der Waals surface area contributed by atoms with E-state index < -0.39 is 18.4 Å². The third-order valence-corrected chi connectivity index (χ3v) is 3.60. The highest BCUT2D eigenvalue weighted by molar-refractivity contribution is 6.35. The predicted octanol–water partition coefficient (Wildman–Crippen LogP) is 0.967. The fourth-order valence-electron chi connectivity index (χ4n) is 2.22. The van der Waals surface area contributed by atoms with E-state index in [0.717, 1.165) is 5.06 Å². The summed E-state index contributed by atoms with van der Waals surface area (Å²) in [5, 5.41) is 1.13. The van der Waals surface area contributed by atoms with E-state index in [4.69, 9.17) is 23.8 Å². The Morgan fingerprint density at radius 1 is 1.16 bits per heavy atom. The largest absolute Gasteiger partial charge is 0.511 e. The van der Waals surface area contributed by atoms with Crippen molar-refractivity contribution in [3.8, 4) is 17.8 Å². The summed E-state index contributed by atoms with van der Waals surface area (Å²) in [6.45, 7) is 3.23. The van der Waals surface area contributed by atoms with E-state index >= 15 is 0 Å². The molecule has 1 aliphatic heterocycles. The van der Waals surface area contributed by atoms with Crippen molar-refractivity contribution in [1.29, 1.82) is 0 Å². The van der Waals surface area contributed by atoms with Crippen LogP contribution < -0.4 is 14.3 Å². The lowest BCUT2D eigenvalue weighted by Crippen LogP contribution is -2.44. The first-order chi connectivity index (χ1) is 14.8. The molecule has 2 rings (SSSR count). The summed E-state index contributed by atoms with van der Waals surface area (Å²) in [5.74, 6) is -0.230. The van der Waals surface area contributed by atoms with Crippen molar-refractivity contribution in [2.24, 2.45) is 4.99 Å². The molecule has 1 aromatic heterocycles. The number of hydrogen-bond acceptors (Lipinski definition) is 13. The zero-order valence-corrected chi connectivity index (χ0v) is 18.1. The monoisotopic (exact) mass is 439 g/mol. The number of methoxy groups -OCH3 is 2. The second kappa shape index (κ2) is 10.8. The maximum Gasteiger partial charge on any atom is 0.511 e. The zero-order chi connectivity index (χ0) is 23.0. The Kier molecular flexibility index (Phi) is 8.23. The normalized spacial score (nSPS) is 13.9. The minimum absolute atomic E-state index is 0.120. The zero-order valence-electron chi connectivity index (χ0n) is 18.1. The molecule has 0 saturated heterocycles. The third kappa shape index (κ3) is 6.62. The van der Waals surface area contributed by atoms with Gasteiger partial charge in [0.05, 0.1) is 33.4 Å². The van der Waals surface area contributed by atoms with Crippen molar-refractivity contribution < 1.29 is 38.1 Å². The van der Waals surface area contributed by atoms with E-state index in [1.807, 2.05) is 0 Å². The van der Waals surface area contributed by atoms with Crippen LogP contribution in [0.3, 0.4) is 0 Å². The standard InChI is InChI=1S/C18H25N5O8/c1-7-28-18(25)30-11(2)29-16(24)15-19-12(22(3)4)8-9-23(15)31-17-20-13(26-5)10-14(21-17)27-6/h8,10-11H,7,9H2,1-6H3. The van der Waals surface area contributed by atoms with Crippen LogP contribution in [0.25, 0.3) is 0 Å². The highest BCUT2D eigenvalue weighted by Gasteiger charge is 2.30. The number of aliphatic imine (C=N–C) groups is 1. The molecule has 13 nitrogen and oxygen atoms in total. The second-order valence-electron chi connectivity index (χ2n) is 6.05. The van der Waals surface area contributed by atoms with Gasteiger partial charge in [-0.25, -0.2) is 14.6 Å². The van der Waals surface area contributed by atoms with Crippen molar-refractivity contribution in [3.05, 3.63) is 18.0 Å². The van der Waals surface area contributed by atoms with Crippen molar-refractivity contribution in [3.63, 3.8) is 0 Å². The number of hydrogen-bond donors (Lipinski definition) is 0. The molecule has 170 valence electrons. The van der Waals surface area contributed by atoms with Gasteiger partial charge in [-0.15, -0.1) is 0 Å². The molecule has 31 heavy (non-hydrogen) atoms. The van der Waals surface area contributed by atoms with Crippen LogP contribution in [-0.4, -0.2) is 85.6 Å². The van der Waals surface area contributed by atoms with Gasteiger partial charge in [-0.2, -0.15) is 15.0 Å². The summed E-state index contributed by atoms with van der Waals surface area (Å²) in [6.07, 6.45) is -0.475. The fourth-order valence-corrected chi connectivity index (χ4v) is 2.22. The molecule has 0 N–H and O–H groups in total. The highest BCUT2D eigenvalue weighted by atomic mass is 16.8. The van der Waals surface area contributed by atoms with Gasteiger partial charge in [-0.3, -0.25) is 0 Å². The Balaban J connectivity index is 2.22. The SMILES string of the molecule is CCOC(=O)OC(C)OC(=O)C1=NC(N(C)C)=CCN1Oc1nc(OC)cc(OC)n1. The van der Waals surface area contributed by atoms with E-state index in [1.165, 1.54) is 27.2 Å². The Bertz CT molecular complexity index is 835. The van der Waals surface area contributed by atoms with Crippen LogP contribution in [0.2, 0.25) is 0 Å². The van der Waals surface area contributed by atoms with Gasteiger partial charge in [0, 0.05) is 21.0 Å². The second-order valence-corrected chi connectivity index (χ2v) is 6.05. The lowest BCUT2D eigenvalue weighted by atomic mass is 10.4. The number of ether oxygens (including phenoxy) is 5. The van der Waals surface area contributed by atoms with Gasteiger partial charge in [-0.1, -0.05) is 0 Å². The van der Waals surface area contributed by atoms with E-state index in [2.05, 4.69) is 19.7 Å². The van der Waals surface area contributed by atoms with Gasteiger partial charge in [0.1, 0.15) is 5.82 Å². The number of carbonyl (C=O) groups excluding carboxylic acids is 2. The molecule has 0 saturated carbocycles. The van der Waals surface area contributed by atoms with E-state index in [1.54, 1.807) is 32.0 Å². The number of rotatable bonds is 9. The topological polar surface area (TPSA) is 134 Å². The van der Waals surface area contributed by atoms with E-state index in [9.17, 15) is 9.59 Å². The molecule has 2 heterocycles. The molecule has 13 heteroatoms. The van der Waals surface area contributed by atoms with E-state index in [0.29, 0.717) is 5.82 Å². The first-order valence-electron chi connectivity index (χ1n) is 9.20. The van der Waals surface area contributed by atoms with Gasteiger partial charge in [0.25, 0.3) is 5.84 Å². The molecular weight excluding hydrogens is 414 g/mol. The molecule has 1 aliphatic rings. The molecule has 1 atom stereocenters. The maximum absolute atomic E-state index is 12.7. The highest BCUT2D eigenvalue weighted by Crippen LogP contribution is 2.21. The van der Waals surface area contributed by atoms with Crippen LogP contribution in [0, 0.1) is 0 Å². The number of nitrogens with zero attached hydrogens (tertiary/aromatic N) is 5. The van der Waals surface area contributed by atoms with Crippen LogP contribution in [0.15, 0.2) is 23.0 Å². The van der Waals surface area contributed by atoms with Crippen LogP contribution in [0.5, 0.6) is 17.8 Å². The molecule has 0 aliphatic carbocycles. The van der Waals surface area contributed by atoms with E-state index in [-0.39, 0.29) is 36.8 Å². The summed E-state index contributed by atoms with van der Waals surface area (Å²) >= 11 is 0. The molecule has 0 aromatic carbocycles. The molecule has 0 fully saturated rings. The van der Waals surface area contributed by atoms with Crippen molar-refractivity contribution >= 4 is 18.0 Å². The minimum atomic E-state index is -1.22. The first kappa shape index (κ1) is 23.5. The molecule has 0 spiro atoms. The van der Waals surface area contributed by atoms with Gasteiger partial charge in [-0.05, 0) is 13.0 Å². The number of esters is 1. The fraction of sp³-hybridized carbons (Fsp3) is 0.500. The van der Waals surface area contributed by atoms with Gasteiger partial charge < -0.3 is 33.4 Å². The molecule has 1 aromatic rings. The smallest absolute Gasteiger partial charge is 0.481 e. The Labute approximate surface area is 179 Å². The van der Waals surface area contributed by atoms with Gasteiger partial charge >= 0.3 is 18.1 Å². The first-order valence-corrected chi connectivity index (χ1v) is 9.20. The number of carbonyl (C=O) groups is 2. The van der Waals surface area contributed by atoms with Crippen LogP contribution in [-0.2, 0) is 19.0 Å². The third-order valence-electron chi connectivity index (χ3n) is 3.60. The molecule has 0 radical (unpaired) electrons. The lowest BCUT2D eigenvalue weighted by Gasteiger charge is -2.27. The van der Waals surface area contributed by atoms with Crippen LogP contribution in [0.1, 0.15) is 13.8 Å². The average molecular weight is 439 g/mol. The Morgan fingerprint density at radius 2 is 1.81 bits per heavy atom. The lowest BCUT2D eigenvalue weighted by molar-refractivity contribution is -0.162. The summed E-state index contributed by atoms with van der Waals surface area (Å²) in [7, 11) is 6.37. The Hall–Kier alpha value is -3.77. The predicted molar refractivity (Wildman–Crippen MR) is 105 cm³/mol. The number of amidine groups is 1. The summed E-state index contributed by atoms with van der Waals surface area (Å²) in [4.78, 5) is 43.8. The summed E-state index contributed by atoms with van der Waals surface area (Å²) < 4.78 is 24.8. The maximum atomic E-state index is 12.7. The molecule has 1 unspecified atom stereocenters. The van der Waals surface area contributed by atoms with Crippen molar-refractivity contribution in [2.75, 3.05) is 41.5 Å².